The molecule has 34 heavy (non-hydrogen) atoms. The van der Waals surface area contributed by atoms with Gasteiger partial charge >= 0.3 is 0 Å². The van der Waals surface area contributed by atoms with Gasteiger partial charge in [-0.25, -0.2) is 9.97 Å². The largest absolute Gasteiger partial charge is 0.270 e. The van der Waals surface area contributed by atoms with Crippen LogP contribution >= 0.6 is 46.2 Å². The zero-order chi connectivity index (χ0) is 23.7. The number of nitrogens with zero attached hydrogens (tertiary/aromatic N) is 4. The van der Waals surface area contributed by atoms with Crippen molar-refractivity contribution in [2.24, 2.45) is 0 Å². The lowest BCUT2D eigenvalue weighted by Crippen LogP contribution is -1.86. The summed E-state index contributed by atoms with van der Waals surface area (Å²) in [6.07, 6.45) is 0. The number of aromatic nitrogens is 2. The minimum absolute atomic E-state index is 0.0771. The average Bonchev–Trinajstić information content (AvgIpc) is 3.44. The maximum absolute atomic E-state index is 11.0. The molecular formula is C22H14N4O4S4. The maximum atomic E-state index is 11.0. The second kappa shape index (κ2) is 9.66. The van der Waals surface area contributed by atoms with Gasteiger partial charge in [0.2, 0.25) is 0 Å². The zero-order valence-corrected chi connectivity index (χ0v) is 20.5. The van der Waals surface area contributed by atoms with Gasteiger partial charge in [-0.3, -0.25) is 20.2 Å². The van der Waals surface area contributed by atoms with Crippen molar-refractivity contribution in [1.82, 2.24) is 9.97 Å². The third-order valence-corrected chi connectivity index (χ3v) is 9.34. The Hall–Kier alpha value is -3.06. The molecule has 12 heteroatoms. The topological polar surface area (TPSA) is 112 Å². The SMILES string of the molecule is O=[N+]([O-])c1ccc2nc(SCc3ccc(CSc4nc5ccc([N+](=O)[O-])cc5s4)cc3)sc2c1. The number of nitro groups is 2. The summed E-state index contributed by atoms with van der Waals surface area (Å²) in [6, 6.07) is 17.8. The molecule has 5 rings (SSSR count). The van der Waals surface area contributed by atoms with Gasteiger partial charge in [0.15, 0.2) is 8.68 Å². The maximum Gasteiger partial charge on any atom is 0.270 e. The Morgan fingerprint density at radius 1 is 0.676 bits per heavy atom. The van der Waals surface area contributed by atoms with Crippen molar-refractivity contribution < 1.29 is 9.85 Å². The molecule has 0 aliphatic carbocycles. The van der Waals surface area contributed by atoms with Gasteiger partial charge in [-0.15, -0.1) is 22.7 Å². The van der Waals surface area contributed by atoms with Crippen molar-refractivity contribution in [2.45, 2.75) is 20.2 Å². The van der Waals surface area contributed by atoms with Crippen LogP contribution in [0.4, 0.5) is 11.4 Å². The first-order valence-electron chi connectivity index (χ1n) is 9.88. The van der Waals surface area contributed by atoms with Gasteiger partial charge in [0, 0.05) is 35.8 Å². The van der Waals surface area contributed by atoms with Crippen LogP contribution in [0.1, 0.15) is 11.1 Å². The van der Waals surface area contributed by atoms with Crippen molar-refractivity contribution in [3.8, 4) is 0 Å². The fourth-order valence-electron chi connectivity index (χ4n) is 3.16. The number of benzene rings is 3. The van der Waals surface area contributed by atoms with Gasteiger partial charge < -0.3 is 0 Å². The summed E-state index contributed by atoms with van der Waals surface area (Å²) in [4.78, 5) is 30.2. The fourth-order valence-corrected chi connectivity index (χ4v) is 7.27. The second-order valence-corrected chi connectivity index (χ2v) is 11.7. The Bertz CT molecular complexity index is 1420. The van der Waals surface area contributed by atoms with E-state index < -0.39 is 9.85 Å². The molecule has 0 radical (unpaired) electrons. The van der Waals surface area contributed by atoms with Gasteiger partial charge in [0.05, 0.1) is 30.3 Å². The van der Waals surface area contributed by atoms with E-state index in [0.717, 1.165) is 51.7 Å². The molecule has 3 aromatic carbocycles. The molecule has 0 saturated carbocycles. The van der Waals surface area contributed by atoms with E-state index in [1.54, 1.807) is 47.8 Å². The highest BCUT2D eigenvalue weighted by Gasteiger charge is 2.12. The Morgan fingerprint density at radius 3 is 1.47 bits per heavy atom. The number of nitro benzene ring substituents is 2. The van der Waals surface area contributed by atoms with Crippen LogP contribution in [0.15, 0.2) is 69.3 Å². The van der Waals surface area contributed by atoms with Crippen LogP contribution in [0.2, 0.25) is 0 Å². The summed E-state index contributed by atoms with van der Waals surface area (Å²) >= 11 is 6.15. The molecule has 0 unspecified atom stereocenters. The van der Waals surface area contributed by atoms with Crippen LogP contribution < -0.4 is 0 Å². The van der Waals surface area contributed by atoms with Crippen LogP contribution in [0.3, 0.4) is 0 Å². The summed E-state index contributed by atoms with van der Waals surface area (Å²) in [5, 5.41) is 21.9. The number of hydrogen-bond acceptors (Lipinski definition) is 10. The standard InChI is InChI=1S/C22H14N4O4S4/c27-25(28)15-5-7-17-19(9-15)33-21(23-17)31-11-13-1-2-14(4-3-13)12-32-22-24-18-8-6-16(26(29)30)10-20(18)34-22/h1-10H,11-12H2. The number of hydrogen-bond donors (Lipinski definition) is 0. The van der Waals surface area contributed by atoms with Crippen molar-refractivity contribution in [1.29, 1.82) is 0 Å². The third-order valence-electron chi connectivity index (χ3n) is 4.87. The molecule has 0 spiro atoms. The molecule has 0 saturated heterocycles. The number of non-ortho nitro benzene ring substituents is 2. The first kappa shape index (κ1) is 22.7. The lowest BCUT2D eigenvalue weighted by atomic mass is 10.2. The molecule has 0 aliphatic rings. The summed E-state index contributed by atoms with van der Waals surface area (Å²) < 4.78 is 3.39. The van der Waals surface area contributed by atoms with Crippen LogP contribution in [-0.2, 0) is 11.5 Å². The summed E-state index contributed by atoms with van der Waals surface area (Å²) in [6.45, 7) is 0. The molecule has 0 amide bonds. The molecule has 5 aromatic rings. The van der Waals surface area contributed by atoms with Crippen molar-refractivity contribution in [2.75, 3.05) is 0 Å². The fraction of sp³-hybridized carbons (Fsp3) is 0.0909. The molecule has 8 nitrogen and oxygen atoms in total. The first-order valence-corrected chi connectivity index (χ1v) is 13.5. The average molecular weight is 527 g/mol. The summed E-state index contributed by atoms with van der Waals surface area (Å²) in [5.74, 6) is 1.51. The molecular weight excluding hydrogens is 513 g/mol. The number of fused-ring (bicyclic) bond motifs is 2. The van der Waals surface area contributed by atoms with E-state index in [1.165, 1.54) is 34.8 Å². The molecule has 0 atom stereocenters. The van der Waals surface area contributed by atoms with Crippen LogP contribution in [0.25, 0.3) is 20.4 Å². The number of thioether (sulfide) groups is 2. The minimum Gasteiger partial charge on any atom is -0.258 e. The van der Waals surface area contributed by atoms with Crippen molar-refractivity contribution in [3.05, 3.63) is 92.0 Å². The van der Waals surface area contributed by atoms with E-state index in [2.05, 4.69) is 34.2 Å². The number of rotatable bonds is 8. The predicted octanol–water partition coefficient (Wildman–Crippen LogP) is 7.31. The molecule has 2 heterocycles. The third kappa shape index (κ3) is 5.04. The highest BCUT2D eigenvalue weighted by atomic mass is 32.2. The van der Waals surface area contributed by atoms with E-state index in [0.29, 0.717) is 0 Å². The van der Waals surface area contributed by atoms with E-state index in [1.807, 2.05) is 0 Å². The molecule has 170 valence electrons. The first-order chi connectivity index (χ1) is 16.4. The van der Waals surface area contributed by atoms with E-state index in [4.69, 9.17) is 0 Å². The second-order valence-electron chi connectivity index (χ2n) is 7.17. The van der Waals surface area contributed by atoms with Crippen molar-refractivity contribution in [3.63, 3.8) is 0 Å². The molecule has 2 aromatic heterocycles. The smallest absolute Gasteiger partial charge is 0.258 e. The Kier molecular flexibility index (Phi) is 6.46. The lowest BCUT2D eigenvalue weighted by Gasteiger charge is -2.02. The Morgan fingerprint density at radius 2 is 1.09 bits per heavy atom. The van der Waals surface area contributed by atoms with E-state index in [9.17, 15) is 20.2 Å². The van der Waals surface area contributed by atoms with Crippen LogP contribution in [0, 0.1) is 20.2 Å². The summed E-state index contributed by atoms with van der Waals surface area (Å²) in [5.41, 5.74) is 4.03. The summed E-state index contributed by atoms with van der Waals surface area (Å²) in [7, 11) is 0. The van der Waals surface area contributed by atoms with E-state index >= 15 is 0 Å². The minimum atomic E-state index is -0.394. The van der Waals surface area contributed by atoms with Crippen LogP contribution in [0.5, 0.6) is 0 Å². The number of thiazole rings is 2. The highest BCUT2D eigenvalue weighted by Crippen LogP contribution is 2.35. The lowest BCUT2D eigenvalue weighted by molar-refractivity contribution is -0.384. The van der Waals surface area contributed by atoms with Gasteiger partial charge in [0.25, 0.3) is 11.4 Å². The molecule has 0 aliphatic heterocycles. The predicted molar refractivity (Wildman–Crippen MR) is 138 cm³/mol. The highest BCUT2D eigenvalue weighted by molar-refractivity contribution is 8.00. The normalized spacial score (nSPS) is 11.3. The molecule has 0 bridgehead atoms. The van der Waals surface area contributed by atoms with Crippen molar-refractivity contribution >= 4 is 78.0 Å². The zero-order valence-electron chi connectivity index (χ0n) is 17.2. The van der Waals surface area contributed by atoms with Gasteiger partial charge in [-0.05, 0) is 23.3 Å². The quantitative estimate of drug-likeness (QED) is 0.117. The molecule has 0 fully saturated rings. The van der Waals surface area contributed by atoms with Crippen LogP contribution in [-0.4, -0.2) is 19.8 Å². The molecule has 0 N–H and O–H groups in total. The Labute approximate surface area is 209 Å². The van der Waals surface area contributed by atoms with Gasteiger partial charge in [-0.2, -0.15) is 0 Å². The monoisotopic (exact) mass is 526 g/mol. The Balaban J connectivity index is 1.19. The van der Waals surface area contributed by atoms with Gasteiger partial charge in [0.1, 0.15) is 0 Å². The van der Waals surface area contributed by atoms with E-state index in [-0.39, 0.29) is 11.4 Å². The van der Waals surface area contributed by atoms with Gasteiger partial charge in [-0.1, -0.05) is 47.8 Å².